The smallest absolute Gasteiger partial charge is 0.273 e. The zero-order valence-corrected chi connectivity index (χ0v) is 10.6. The molecule has 0 amide bonds. The molecule has 2 heterocycles. The molecule has 18 heavy (non-hydrogen) atoms. The van der Waals surface area contributed by atoms with E-state index in [0.29, 0.717) is 12.3 Å². The molecule has 0 atom stereocenters. The van der Waals surface area contributed by atoms with Crippen LogP contribution >= 0.6 is 0 Å². The number of rotatable bonds is 5. The highest BCUT2D eigenvalue weighted by atomic mass is 32.2. The highest BCUT2D eigenvalue weighted by Crippen LogP contribution is 2.15. The predicted molar refractivity (Wildman–Crippen MR) is 62.9 cm³/mol. The normalized spacial score (nSPS) is 11.6. The number of aromatic nitrogens is 2. The van der Waals surface area contributed by atoms with Crippen molar-refractivity contribution in [2.75, 3.05) is 12.9 Å². The highest BCUT2D eigenvalue weighted by Gasteiger charge is 2.12. The van der Waals surface area contributed by atoms with E-state index in [1.165, 1.54) is 0 Å². The summed E-state index contributed by atoms with van der Waals surface area (Å²) in [5.74, 6) is 0.613. The summed E-state index contributed by atoms with van der Waals surface area (Å²) in [5.41, 5.74) is 0.887. The predicted octanol–water partition coefficient (Wildman–Crippen LogP) is 0.605. The Bertz CT molecular complexity index is 590. The lowest BCUT2D eigenvalue weighted by Crippen LogP contribution is -2.36. The summed E-state index contributed by atoms with van der Waals surface area (Å²) in [6.45, 7) is 0.340. The van der Waals surface area contributed by atoms with Crippen molar-refractivity contribution in [3.63, 3.8) is 0 Å². The zero-order valence-electron chi connectivity index (χ0n) is 9.81. The molecule has 0 saturated carbocycles. The molecule has 0 aliphatic heterocycles. The Morgan fingerprint density at radius 3 is 2.61 bits per heavy atom. The first-order chi connectivity index (χ1) is 8.61. The van der Waals surface area contributed by atoms with Gasteiger partial charge in [0.1, 0.15) is 5.75 Å². The zero-order chi connectivity index (χ0) is 13.0. The third-order valence-electron chi connectivity index (χ3n) is 2.47. The molecule has 0 spiro atoms. The van der Waals surface area contributed by atoms with Crippen LogP contribution in [0.25, 0.3) is 11.3 Å². The third kappa shape index (κ3) is 3.14. The van der Waals surface area contributed by atoms with Gasteiger partial charge in [-0.15, -0.1) is 0 Å². The molecule has 2 aromatic rings. The Balaban J connectivity index is 2.05. The van der Waals surface area contributed by atoms with Crippen LogP contribution in [-0.4, -0.2) is 26.4 Å². The van der Waals surface area contributed by atoms with E-state index >= 15 is 0 Å². The lowest BCUT2D eigenvalue weighted by Gasteiger charge is -1.99. The Hall–Kier alpha value is -1.73. The van der Waals surface area contributed by atoms with Crippen molar-refractivity contribution in [2.45, 2.75) is 6.54 Å². The van der Waals surface area contributed by atoms with E-state index in [4.69, 9.17) is 4.52 Å². The van der Waals surface area contributed by atoms with Crippen LogP contribution in [0.5, 0.6) is 0 Å². The molecule has 0 unspecified atom stereocenters. The summed E-state index contributed by atoms with van der Waals surface area (Å²) >= 11 is 0. The van der Waals surface area contributed by atoms with E-state index in [1.807, 2.05) is 12.1 Å². The molecule has 0 saturated heterocycles. The Labute approximate surface area is 105 Å². The molecule has 0 fully saturated rings. The van der Waals surface area contributed by atoms with Crippen molar-refractivity contribution in [1.29, 1.82) is 0 Å². The SMILES string of the molecule is COS(=O)(=O)CC[n+]1ccc(-c2ccno2)cc1. The van der Waals surface area contributed by atoms with Gasteiger partial charge >= 0.3 is 0 Å². The van der Waals surface area contributed by atoms with Crippen LogP contribution in [0, 0.1) is 0 Å². The van der Waals surface area contributed by atoms with Crippen molar-refractivity contribution >= 4 is 10.1 Å². The van der Waals surface area contributed by atoms with Crippen molar-refractivity contribution in [2.24, 2.45) is 0 Å². The number of aryl methyl sites for hydroxylation is 1. The maximum absolute atomic E-state index is 11.2. The lowest BCUT2D eigenvalue weighted by molar-refractivity contribution is -0.692. The van der Waals surface area contributed by atoms with Crippen LogP contribution in [-0.2, 0) is 20.8 Å². The summed E-state index contributed by atoms with van der Waals surface area (Å²) < 4.78 is 33.5. The minimum Gasteiger partial charge on any atom is -0.356 e. The van der Waals surface area contributed by atoms with E-state index in [2.05, 4.69) is 9.34 Å². The van der Waals surface area contributed by atoms with Gasteiger partial charge < -0.3 is 4.52 Å². The second kappa shape index (κ2) is 5.28. The van der Waals surface area contributed by atoms with E-state index < -0.39 is 10.1 Å². The molecule has 0 N–H and O–H groups in total. The van der Waals surface area contributed by atoms with Crippen molar-refractivity contribution in [3.05, 3.63) is 36.8 Å². The molecule has 0 aliphatic carbocycles. The molecule has 0 radical (unpaired) electrons. The fourth-order valence-corrected chi connectivity index (χ4v) is 2.04. The van der Waals surface area contributed by atoms with E-state index in [0.717, 1.165) is 12.7 Å². The first kappa shape index (κ1) is 12.7. The van der Waals surface area contributed by atoms with Crippen molar-refractivity contribution in [1.82, 2.24) is 5.16 Å². The summed E-state index contributed by atoms with van der Waals surface area (Å²) in [6.07, 6.45) is 5.13. The van der Waals surface area contributed by atoms with Gasteiger partial charge in [-0.25, -0.2) is 4.57 Å². The first-order valence-corrected chi connectivity index (χ1v) is 6.87. The fraction of sp³-hybridized carbons (Fsp3) is 0.273. The van der Waals surface area contributed by atoms with Gasteiger partial charge in [-0.3, -0.25) is 4.18 Å². The second-order valence-electron chi connectivity index (χ2n) is 3.63. The van der Waals surface area contributed by atoms with Gasteiger partial charge in [0.15, 0.2) is 24.7 Å². The fourth-order valence-electron chi connectivity index (χ4n) is 1.44. The topological polar surface area (TPSA) is 73.3 Å². The Morgan fingerprint density at radius 1 is 1.33 bits per heavy atom. The average molecular weight is 269 g/mol. The maximum Gasteiger partial charge on any atom is 0.273 e. The third-order valence-corrected chi connectivity index (χ3v) is 3.66. The molecule has 6 nitrogen and oxygen atoms in total. The molecule has 2 rings (SSSR count). The van der Waals surface area contributed by atoms with Gasteiger partial charge in [-0.05, 0) is 0 Å². The van der Waals surface area contributed by atoms with E-state index in [-0.39, 0.29) is 5.75 Å². The number of hydrogen-bond acceptors (Lipinski definition) is 5. The van der Waals surface area contributed by atoms with Crippen LogP contribution in [0.2, 0.25) is 0 Å². The molecule has 2 aromatic heterocycles. The molecule has 0 aliphatic rings. The van der Waals surface area contributed by atoms with Crippen LogP contribution in [0.15, 0.2) is 41.3 Å². The molecule has 0 bridgehead atoms. The number of pyridine rings is 1. The van der Waals surface area contributed by atoms with Crippen molar-refractivity contribution in [3.8, 4) is 11.3 Å². The quantitative estimate of drug-likeness (QED) is 0.587. The van der Waals surface area contributed by atoms with Crippen LogP contribution < -0.4 is 4.57 Å². The standard InChI is InChI=1S/C11H13N2O4S/c1-16-18(14,15)9-8-13-6-3-10(4-7-13)11-2-5-12-17-11/h2-7H,8-9H2,1H3/q+1. The minimum absolute atomic E-state index is 0.0597. The van der Waals surface area contributed by atoms with E-state index in [9.17, 15) is 8.42 Å². The molecular formula is C11H13N2O4S+. The van der Waals surface area contributed by atoms with Gasteiger partial charge in [0.25, 0.3) is 10.1 Å². The first-order valence-electron chi connectivity index (χ1n) is 5.29. The van der Waals surface area contributed by atoms with E-state index in [1.54, 1.807) is 29.2 Å². The summed E-state index contributed by atoms with van der Waals surface area (Å²) in [5, 5.41) is 3.62. The van der Waals surface area contributed by atoms with Crippen LogP contribution in [0.1, 0.15) is 0 Å². The second-order valence-corrected chi connectivity index (χ2v) is 5.49. The lowest BCUT2D eigenvalue weighted by atomic mass is 10.2. The largest absolute Gasteiger partial charge is 0.356 e. The van der Waals surface area contributed by atoms with Gasteiger partial charge in [-0.1, -0.05) is 5.16 Å². The Morgan fingerprint density at radius 2 is 2.06 bits per heavy atom. The number of hydrogen-bond donors (Lipinski definition) is 0. The summed E-state index contributed by atoms with van der Waals surface area (Å²) in [6, 6.07) is 5.43. The minimum atomic E-state index is -3.42. The van der Waals surface area contributed by atoms with Gasteiger partial charge in [-0.2, -0.15) is 8.42 Å². The molecule has 7 heteroatoms. The van der Waals surface area contributed by atoms with Gasteiger partial charge in [0.05, 0.1) is 13.3 Å². The maximum atomic E-state index is 11.2. The Kier molecular flexibility index (Phi) is 3.73. The van der Waals surface area contributed by atoms with Crippen molar-refractivity contribution < 1.29 is 21.7 Å². The average Bonchev–Trinajstić information content (AvgIpc) is 2.91. The molecule has 0 aromatic carbocycles. The van der Waals surface area contributed by atoms with Gasteiger partial charge in [0, 0.05) is 23.8 Å². The van der Waals surface area contributed by atoms with Crippen LogP contribution in [0.3, 0.4) is 0 Å². The monoisotopic (exact) mass is 269 g/mol. The van der Waals surface area contributed by atoms with Gasteiger partial charge in [0.2, 0.25) is 0 Å². The molecular weight excluding hydrogens is 256 g/mol. The number of nitrogens with zero attached hydrogens (tertiary/aromatic N) is 2. The summed E-state index contributed by atoms with van der Waals surface area (Å²) in [7, 11) is -2.26. The summed E-state index contributed by atoms with van der Waals surface area (Å²) in [4.78, 5) is 0. The molecule has 96 valence electrons. The highest BCUT2D eigenvalue weighted by molar-refractivity contribution is 7.86. The van der Waals surface area contributed by atoms with Crippen LogP contribution in [0.4, 0.5) is 0 Å².